The number of rotatable bonds is 6. The number of nitrogens with one attached hydrogen (secondary N) is 1. The molecule has 1 aliphatic rings. The number of halogens is 2. The molecule has 0 bridgehead atoms. The summed E-state index contributed by atoms with van der Waals surface area (Å²) in [6.07, 6.45) is 5.55. The number of aliphatic carboxylic acids is 1. The minimum Gasteiger partial charge on any atom is -0.480 e. The van der Waals surface area contributed by atoms with Crippen LogP contribution >= 0.6 is 31.9 Å². The van der Waals surface area contributed by atoms with Crippen LogP contribution in [0.2, 0.25) is 0 Å². The number of carbonyl (C=O) groups excluding carboxylic acids is 1. The zero-order valence-electron chi connectivity index (χ0n) is 13.2. The van der Waals surface area contributed by atoms with Crippen molar-refractivity contribution in [1.82, 2.24) is 5.32 Å². The number of nitriles is 1. The van der Waals surface area contributed by atoms with E-state index in [-0.39, 0.29) is 17.5 Å². The first-order valence-corrected chi connectivity index (χ1v) is 9.25. The fraction of sp³-hybridized carbons (Fsp3) is 0.353. The van der Waals surface area contributed by atoms with E-state index in [2.05, 4.69) is 37.2 Å². The van der Waals surface area contributed by atoms with Gasteiger partial charge in [0, 0.05) is 6.04 Å². The Kier molecular flexibility index (Phi) is 7.02. The summed E-state index contributed by atoms with van der Waals surface area (Å²) in [6, 6.07) is 5.37. The third kappa shape index (κ3) is 5.58. The monoisotopic (exact) mass is 470 g/mol. The first kappa shape index (κ1) is 19.5. The van der Waals surface area contributed by atoms with Gasteiger partial charge in [0.05, 0.1) is 8.95 Å². The van der Waals surface area contributed by atoms with Crippen LogP contribution in [0.4, 0.5) is 0 Å². The van der Waals surface area contributed by atoms with E-state index in [0.717, 1.165) is 25.7 Å². The number of benzene rings is 1. The van der Waals surface area contributed by atoms with E-state index in [1.807, 2.05) is 6.07 Å². The van der Waals surface area contributed by atoms with Gasteiger partial charge in [-0.1, -0.05) is 12.8 Å². The lowest BCUT2D eigenvalue weighted by Crippen LogP contribution is -2.33. The molecule has 0 aromatic heterocycles. The van der Waals surface area contributed by atoms with Gasteiger partial charge in [-0.2, -0.15) is 5.26 Å². The number of carboxylic acid groups (broad SMARTS) is 1. The molecule has 25 heavy (non-hydrogen) atoms. The van der Waals surface area contributed by atoms with Gasteiger partial charge in [0.2, 0.25) is 0 Å². The average Bonchev–Trinajstić information content (AvgIpc) is 3.04. The van der Waals surface area contributed by atoms with Gasteiger partial charge < -0.3 is 15.2 Å². The van der Waals surface area contributed by atoms with Gasteiger partial charge in [-0.05, 0) is 68.5 Å². The molecule has 0 atom stereocenters. The van der Waals surface area contributed by atoms with Crippen molar-refractivity contribution >= 4 is 49.8 Å². The van der Waals surface area contributed by atoms with E-state index < -0.39 is 12.6 Å². The van der Waals surface area contributed by atoms with Crippen LogP contribution in [0.5, 0.6) is 5.75 Å². The Morgan fingerprint density at radius 1 is 1.32 bits per heavy atom. The summed E-state index contributed by atoms with van der Waals surface area (Å²) in [5.41, 5.74) is 0.629. The van der Waals surface area contributed by atoms with Gasteiger partial charge in [-0.15, -0.1) is 0 Å². The number of ether oxygens (including phenoxy) is 1. The molecule has 1 aromatic rings. The van der Waals surface area contributed by atoms with E-state index in [1.54, 1.807) is 12.1 Å². The first-order chi connectivity index (χ1) is 11.9. The number of carbonyl (C=O) groups is 2. The summed E-state index contributed by atoms with van der Waals surface area (Å²) < 4.78 is 6.23. The topological polar surface area (TPSA) is 99.4 Å². The summed E-state index contributed by atoms with van der Waals surface area (Å²) in [6.45, 7) is -0.473. The highest BCUT2D eigenvalue weighted by atomic mass is 79.9. The van der Waals surface area contributed by atoms with Crippen molar-refractivity contribution in [1.29, 1.82) is 5.26 Å². The Balaban J connectivity index is 2.18. The third-order valence-corrected chi connectivity index (χ3v) is 4.91. The quantitative estimate of drug-likeness (QED) is 0.487. The molecule has 6 nitrogen and oxygen atoms in total. The summed E-state index contributed by atoms with van der Waals surface area (Å²) in [4.78, 5) is 22.9. The summed E-state index contributed by atoms with van der Waals surface area (Å²) in [5.74, 6) is -1.13. The molecule has 2 rings (SSSR count). The summed E-state index contributed by atoms with van der Waals surface area (Å²) in [7, 11) is 0. The molecule has 1 amide bonds. The van der Waals surface area contributed by atoms with Crippen LogP contribution in [-0.4, -0.2) is 29.6 Å². The number of nitrogens with zero attached hydrogens (tertiary/aromatic N) is 1. The Morgan fingerprint density at radius 2 is 1.92 bits per heavy atom. The van der Waals surface area contributed by atoms with Crippen LogP contribution in [0.15, 0.2) is 26.7 Å². The van der Waals surface area contributed by atoms with E-state index >= 15 is 0 Å². The fourth-order valence-corrected chi connectivity index (χ4v) is 4.03. The van der Waals surface area contributed by atoms with Crippen LogP contribution in [0, 0.1) is 11.3 Å². The van der Waals surface area contributed by atoms with E-state index in [1.165, 1.54) is 6.08 Å². The fourth-order valence-electron chi connectivity index (χ4n) is 2.58. The molecule has 0 radical (unpaired) electrons. The minimum absolute atomic E-state index is 0.0184. The Bertz CT molecular complexity index is 727. The van der Waals surface area contributed by atoms with Crippen molar-refractivity contribution in [2.75, 3.05) is 6.61 Å². The minimum atomic E-state index is -1.09. The molecule has 2 N–H and O–H groups in total. The molecule has 8 heteroatoms. The average molecular weight is 472 g/mol. The Morgan fingerprint density at radius 3 is 2.44 bits per heavy atom. The highest BCUT2D eigenvalue weighted by molar-refractivity contribution is 9.11. The second kappa shape index (κ2) is 9.02. The molecule has 1 saturated carbocycles. The first-order valence-electron chi connectivity index (χ1n) is 7.67. The predicted molar refractivity (Wildman–Crippen MR) is 99.0 cm³/mol. The van der Waals surface area contributed by atoms with Crippen molar-refractivity contribution in [2.24, 2.45) is 0 Å². The number of hydrogen-bond acceptors (Lipinski definition) is 4. The van der Waals surface area contributed by atoms with Gasteiger partial charge in [0.15, 0.2) is 6.61 Å². The normalized spacial score (nSPS) is 14.8. The van der Waals surface area contributed by atoms with E-state index in [4.69, 9.17) is 9.84 Å². The maximum absolute atomic E-state index is 12.2. The largest absolute Gasteiger partial charge is 0.480 e. The van der Waals surface area contributed by atoms with Crippen molar-refractivity contribution in [2.45, 2.75) is 31.7 Å². The third-order valence-electron chi connectivity index (χ3n) is 3.73. The van der Waals surface area contributed by atoms with Crippen molar-refractivity contribution in [3.63, 3.8) is 0 Å². The highest BCUT2D eigenvalue weighted by Gasteiger charge is 2.19. The number of carboxylic acids is 1. The molecule has 0 heterocycles. The molecular weight excluding hydrogens is 456 g/mol. The van der Waals surface area contributed by atoms with Gasteiger partial charge in [-0.3, -0.25) is 4.79 Å². The lowest BCUT2D eigenvalue weighted by atomic mass is 10.1. The maximum atomic E-state index is 12.2. The van der Waals surface area contributed by atoms with E-state index in [0.29, 0.717) is 20.3 Å². The standard InChI is InChI=1S/C17H16Br2N2O4/c18-13-6-10(7-14(19)16(13)25-9-15(22)23)5-11(8-20)17(24)21-12-3-1-2-4-12/h5-7,12H,1-4,9H2,(H,21,24)(H,22,23)/b11-5-. The van der Waals surface area contributed by atoms with Gasteiger partial charge >= 0.3 is 5.97 Å². The SMILES string of the molecule is N#C/C(=C/c1cc(Br)c(OCC(=O)O)c(Br)c1)C(=O)NC1CCCC1. The van der Waals surface area contributed by atoms with Crippen LogP contribution in [0.1, 0.15) is 31.2 Å². The molecule has 132 valence electrons. The van der Waals surface area contributed by atoms with Crippen molar-refractivity contribution in [3.8, 4) is 11.8 Å². The molecular formula is C17H16Br2N2O4. The van der Waals surface area contributed by atoms with Crippen LogP contribution in [0.25, 0.3) is 6.08 Å². The van der Waals surface area contributed by atoms with Crippen LogP contribution < -0.4 is 10.1 Å². The van der Waals surface area contributed by atoms with E-state index in [9.17, 15) is 14.9 Å². The highest BCUT2D eigenvalue weighted by Crippen LogP contribution is 2.35. The van der Waals surface area contributed by atoms with Crippen LogP contribution in [0.3, 0.4) is 0 Å². The van der Waals surface area contributed by atoms with Crippen molar-refractivity contribution < 1.29 is 19.4 Å². The zero-order chi connectivity index (χ0) is 18.4. The number of hydrogen-bond donors (Lipinski definition) is 2. The molecule has 0 unspecified atom stereocenters. The molecule has 1 fully saturated rings. The molecule has 1 aromatic carbocycles. The summed E-state index contributed by atoms with van der Waals surface area (Å²) >= 11 is 6.61. The van der Waals surface area contributed by atoms with Gasteiger partial charge in [0.25, 0.3) is 5.91 Å². The second-order valence-corrected chi connectivity index (χ2v) is 7.33. The Hall–Kier alpha value is -1.85. The second-order valence-electron chi connectivity index (χ2n) is 5.62. The van der Waals surface area contributed by atoms with Gasteiger partial charge in [-0.25, -0.2) is 4.79 Å². The molecule has 0 spiro atoms. The van der Waals surface area contributed by atoms with Crippen LogP contribution in [-0.2, 0) is 9.59 Å². The number of amides is 1. The lowest BCUT2D eigenvalue weighted by molar-refractivity contribution is -0.139. The lowest BCUT2D eigenvalue weighted by Gasteiger charge is -2.12. The molecule has 0 aliphatic heterocycles. The Labute approximate surface area is 162 Å². The van der Waals surface area contributed by atoms with Crippen molar-refractivity contribution in [3.05, 3.63) is 32.2 Å². The molecule has 0 saturated heterocycles. The maximum Gasteiger partial charge on any atom is 0.341 e. The smallest absolute Gasteiger partial charge is 0.341 e. The van der Waals surface area contributed by atoms with Gasteiger partial charge in [0.1, 0.15) is 17.4 Å². The predicted octanol–water partition coefficient (Wildman–Crippen LogP) is 3.64. The zero-order valence-corrected chi connectivity index (χ0v) is 16.4. The molecule has 1 aliphatic carbocycles. The summed E-state index contributed by atoms with van der Waals surface area (Å²) in [5, 5.41) is 20.9.